The third-order valence-electron chi connectivity index (χ3n) is 4.17. The Morgan fingerprint density at radius 2 is 1.72 bits per heavy atom. The summed E-state index contributed by atoms with van der Waals surface area (Å²) in [6.07, 6.45) is 3.25. The average Bonchev–Trinajstić information content (AvgIpc) is 2.75. The SMILES string of the molecule is CCCCc1ccc(NC(=O)COC(=O)CNC(=O)c2ccccc2OC)cc1. The lowest BCUT2D eigenvalue weighted by Gasteiger charge is -2.10. The first-order valence-corrected chi connectivity index (χ1v) is 9.49. The summed E-state index contributed by atoms with van der Waals surface area (Å²) >= 11 is 0. The predicted molar refractivity (Wildman–Crippen MR) is 110 cm³/mol. The lowest BCUT2D eigenvalue weighted by atomic mass is 10.1. The molecule has 2 rings (SSSR count). The van der Waals surface area contributed by atoms with Gasteiger partial charge in [-0.15, -0.1) is 0 Å². The second kappa shape index (κ2) is 11.5. The minimum Gasteiger partial charge on any atom is -0.496 e. The van der Waals surface area contributed by atoms with Crippen molar-refractivity contribution >= 4 is 23.5 Å². The van der Waals surface area contributed by atoms with E-state index in [4.69, 9.17) is 9.47 Å². The summed E-state index contributed by atoms with van der Waals surface area (Å²) in [7, 11) is 1.46. The van der Waals surface area contributed by atoms with Gasteiger partial charge in [-0.3, -0.25) is 14.4 Å². The summed E-state index contributed by atoms with van der Waals surface area (Å²) in [5.74, 6) is -1.22. The quantitative estimate of drug-likeness (QED) is 0.600. The molecule has 2 N–H and O–H groups in total. The van der Waals surface area contributed by atoms with Gasteiger partial charge in [-0.25, -0.2) is 0 Å². The maximum atomic E-state index is 12.1. The fraction of sp³-hybridized carbons (Fsp3) is 0.318. The molecular formula is C22H26N2O5. The summed E-state index contributed by atoms with van der Waals surface area (Å²) in [4.78, 5) is 35.8. The third-order valence-corrected chi connectivity index (χ3v) is 4.17. The number of unbranched alkanes of at least 4 members (excludes halogenated alkanes) is 1. The Bertz CT molecular complexity index is 833. The molecule has 7 heteroatoms. The van der Waals surface area contributed by atoms with E-state index < -0.39 is 24.4 Å². The molecule has 0 saturated heterocycles. The normalized spacial score (nSPS) is 10.1. The Morgan fingerprint density at radius 3 is 2.41 bits per heavy atom. The van der Waals surface area contributed by atoms with Gasteiger partial charge in [0.15, 0.2) is 6.61 Å². The zero-order valence-corrected chi connectivity index (χ0v) is 16.7. The lowest BCUT2D eigenvalue weighted by molar-refractivity contribution is -0.146. The van der Waals surface area contributed by atoms with Crippen LogP contribution in [-0.2, 0) is 20.7 Å². The van der Waals surface area contributed by atoms with E-state index in [-0.39, 0.29) is 6.54 Å². The van der Waals surface area contributed by atoms with Crippen LogP contribution in [0, 0.1) is 0 Å². The highest BCUT2D eigenvalue weighted by Gasteiger charge is 2.14. The van der Waals surface area contributed by atoms with E-state index >= 15 is 0 Å². The van der Waals surface area contributed by atoms with Gasteiger partial charge in [-0.05, 0) is 42.7 Å². The number of esters is 1. The van der Waals surface area contributed by atoms with Crippen molar-refractivity contribution in [2.45, 2.75) is 26.2 Å². The van der Waals surface area contributed by atoms with Gasteiger partial charge in [0.2, 0.25) is 0 Å². The molecule has 0 spiro atoms. The number of rotatable bonds is 10. The van der Waals surface area contributed by atoms with Crippen LogP contribution >= 0.6 is 0 Å². The number of hydrogen-bond acceptors (Lipinski definition) is 5. The Kier molecular flexibility index (Phi) is 8.69. The molecule has 0 aliphatic heterocycles. The molecule has 0 heterocycles. The first-order chi connectivity index (χ1) is 14.0. The van der Waals surface area contributed by atoms with Crippen LogP contribution < -0.4 is 15.4 Å². The van der Waals surface area contributed by atoms with Crippen molar-refractivity contribution in [1.82, 2.24) is 5.32 Å². The minimum absolute atomic E-state index is 0.308. The highest BCUT2D eigenvalue weighted by atomic mass is 16.5. The van der Waals surface area contributed by atoms with Gasteiger partial charge in [0.25, 0.3) is 11.8 Å². The standard InChI is InChI=1S/C22H26N2O5/c1-3-4-7-16-10-12-17(13-11-16)24-20(25)15-29-21(26)14-23-22(27)18-8-5-6-9-19(18)28-2/h5-6,8-13H,3-4,7,14-15H2,1-2H3,(H,23,27)(H,24,25). The van der Waals surface area contributed by atoms with Crippen molar-refractivity contribution in [1.29, 1.82) is 0 Å². The number of amides is 2. The number of aryl methyl sites for hydroxylation is 1. The van der Waals surface area contributed by atoms with Crippen LogP contribution in [0.3, 0.4) is 0 Å². The molecule has 2 aromatic carbocycles. The van der Waals surface area contributed by atoms with Gasteiger partial charge in [-0.2, -0.15) is 0 Å². The Balaban J connectivity index is 1.73. The molecular weight excluding hydrogens is 372 g/mol. The molecule has 7 nitrogen and oxygen atoms in total. The zero-order valence-electron chi connectivity index (χ0n) is 16.7. The molecule has 0 aliphatic rings. The molecule has 0 atom stereocenters. The lowest BCUT2D eigenvalue weighted by Crippen LogP contribution is -2.32. The van der Waals surface area contributed by atoms with Crippen LogP contribution in [0.2, 0.25) is 0 Å². The monoisotopic (exact) mass is 398 g/mol. The van der Waals surface area contributed by atoms with Gasteiger partial charge in [0, 0.05) is 5.69 Å². The molecule has 0 radical (unpaired) electrons. The predicted octanol–water partition coefficient (Wildman–Crippen LogP) is 2.95. The van der Waals surface area contributed by atoms with Crippen molar-refractivity contribution in [2.75, 3.05) is 25.6 Å². The number of methoxy groups -OCH3 is 1. The van der Waals surface area contributed by atoms with Gasteiger partial charge < -0.3 is 20.1 Å². The van der Waals surface area contributed by atoms with E-state index in [0.29, 0.717) is 17.0 Å². The average molecular weight is 398 g/mol. The molecule has 0 bridgehead atoms. The maximum Gasteiger partial charge on any atom is 0.325 e. The van der Waals surface area contributed by atoms with E-state index in [0.717, 1.165) is 19.3 Å². The van der Waals surface area contributed by atoms with Gasteiger partial charge in [0.05, 0.1) is 12.7 Å². The number of para-hydroxylation sites is 1. The Labute approximate surface area is 170 Å². The highest BCUT2D eigenvalue weighted by molar-refractivity contribution is 5.98. The van der Waals surface area contributed by atoms with E-state index in [9.17, 15) is 14.4 Å². The summed E-state index contributed by atoms with van der Waals surface area (Å²) in [6, 6.07) is 14.2. The Hall–Kier alpha value is -3.35. The van der Waals surface area contributed by atoms with Crippen LogP contribution in [0.5, 0.6) is 5.75 Å². The summed E-state index contributed by atoms with van der Waals surface area (Å²) in [5.41, 5.74) is 2.15. The first-order valence-electron chi connectivity index (χ1n) is 9.49. The van der Waals surface area contributed by atoms with E-state index in [1.54, 1.807) is 24.3 Å². The van der Waals surface area contributed by atoms with Crippen LogP contribution in [0.1, 0.15) is 35.7 Å². The second-order valence-corrected chi connectivity index (χ2v) is 6.39. The molecule has 2 aromatic rings. The summed E-state index contributed by atoms with van der Waals surface area (Å²) in [6.45, 7) is 1.36. The third kappa shape index (κ3) is 7.29. The van der Waals surface area contributed by atoms with Crippen molar-refractivity contribution in [3.05, 3.63) is 59.7 Å². The molecule has 154 valence electrons. The summed E-state index contributed by atoms with van der Waals surface area (Å²) < 4.78 is 10.0. The summed E-state index contributed by atoms with van der Waals surface area (Å²) in [5, 5.41) is 5.11. The smallest absolute Gasteiger partial charge is 0.325 e. The highest BCUT2D eigenvalue weighted by Crippen LogP contribution is 2.16. The molecule has 29 heavy (non-hydrogen) atoms. The van der Waals surface area contributed by atoms with Crippen molar-refractivity contribution in [2.24, 2.45) is 0 Å². The minimum atomic E-state index is -0.710. The molecule has 0 saturated carbocycles. The Morgan fingerprint density at radius 1 is 1.00 bits per heavy atom. The molecule has 2 amide bonds. The van der Waals surface area contributed by atoms with E-state index in [2.05, 4.69) is 17.6 Å². The topological polar surface area (TPSA) is 93.7 Å². The van der Waals surface area contributed by atoms with Crippen LogP contribution in [0.15, 0.2) is 48.5 Å². The van der Waals surface area contributed by atoms with Crippen LogP contribution in [0.4, 0.5) is 5.69 Å². The van der Waals surface area contributed by atoms with Gasteiger partial charge in [-0.1, -0.05) is 37.6 Å². The maximum absolute atomic E-state index is 12.1. The number of carbonyl (C=O) groups is 3. The number of anilines is 1. The van der Waals surface area contributed by atoms with E-state index in [1.165, 1.54) is 12.7 Å². The fourth-order valence-corrected chi connectivity index (χ4v) is 2.61. The fourth-order valence-electron chi connectivity index (χ4n) is 2.61. The largest absolute Gasteiger partial charge is 0.496 e. The number of ether oxygens (including phenoxy) is 2. The number of hydrogen-bond donors (Lipinski definition) is 2. The molecule has 0 aliphatic carbocycles. The van der Waals surface area contributed by atoms with Crippen molar-refractivity contribution in [3.63, 3.8) is 0 Å². The van der Waals surface area contributed by atoms with Crippen molar-refractivity contribution in [3.8, 4) is 5.75 Å². The number of nitrogens with one attached hydrogen (secondary N) is 2. The van der Waals surface area contributed by atoms with Crippen LogP contribution in [-0.4, -0.2) is 38.0 Å². The van der Waals surface area contributed by atoms with E-state index in [1.807, 2.05) is 24.3 Å². The second-order valence-electron chi connectivity index (χ2n) is 6.39. The molecule has 0 aromatic heterocycles. The first kappa shape index (κ1) is 21.9. The van der Waals surface area contributed by atoms with Gasteiger partial charge in [0.1, 0.15) is 12.3 Å². The molecule has 0 unspecified atom stereocenters. The molecule has 0 fully saturated rings. The van der Waals surface area contributed by atoms with Crippen molar-refractivity contribution < 1.29 is 23.9 Å². The number of benzene rings is 2. The van der Waals surface area contributed by atoms with Gasteiger partial charge >= 0.3 is 5.97 Å². The zero-order chi connectivity index (χ0) is 21.1. The van der Waals surface area contributed by atoms with Crippen LogP contribution in [0.25, 0.3) is 0 Å². The number of carbonyl (C=O) groups excluding carboxylic acids is 3.